The Morgan fingerprint density at radius 3 is 2.59 bits per heavy atom. The van der Waals surface area contributed by atoms with E-state index in [0.717, 1.165) is 0 Å². The molecular formula is C16H20N2O4. The van der Waals surface area contributed by atoms with Gasteiger partial charge >= 0.3 is 0 Å². The summed E-state index contributed by atoms with van der Waals surface area (Å²) in [4.78, 5) is 26.9. The van der Waals surface area contributed by atoms with Crippen molar-refractivity contribution in [3.63, 3.8) is 0 Å². The van der Waals surface area contributed by atoms with E-state index in [9.17, 15) is 14.7 Å². The summed E-state index contributed by atoms with van der Waals surface area (Å²) in [6.07, 6.45) is 1.50. The number of aromatic amines is 1. The third-order valence-corrected chi connectivity index (χ3v) is 3.47. The van der Waals surface area contributed by atoms with Gasteiger partial charge in [-0.05, 0) is 29.7 Å². The largest absolute Gasteiger partial charge is 0.463 e. The maximum Gasteiger partial charge on any atom is 0.261 e. The Hall–Kier alpha value is -2.34. The number of aliphatic hydroxyl groups is 1. The molecule has 2 aromatic heterocycles. The van der Waals surface area contributed by atoms with Crippen LogP contribution in [0.1, 0.15) is 31.1 Å². The van der Waals surface area contributed by atoms with Crippen molar-refractivity contribution in [3.8, 4) is 11.5 Å². The summed E-state index contributed by atoms with van der Waals surface area (Å²) in [5, 5.41) is 12.1. The second kappa shape index (κ2) is 6.19. The van der Waals surface area contributed by atoms with Gasteiger partial charge in [0.05, 0.1) is 24.6 Å². The van der Waals surface area contributed by atoms with E-state index in [-0.39, 0.29) is 17.6 Å². The van der Waals surface area contributed by atoms with Crippen molar-refractivity contribution in [2.75, 3.05) is 6.61 Å². The highest BCUT2D eigenvalue weighted by atomic mass is 16.3. The SMILES string of the molecule is CC(C)(C)[C@H](CO)NC(=O)c1ccc(-c2ccco2)[nH]c1=O. The van der Waals surface area contributed by atoms with Gasteiger partial charge in [-0.15, -0.1) is 0 Å². The third kappa shape index (κ3) is 3.46. The molecule has 0 saturated heterocycles. The Balaban J connectivity index is 2.22. The Bertz CT molecular complexity index is 696. The summed E-state index contributed by atoms with van der Waals surface area (Å²) >= 11 is 0. The van der Waals surface area contributed by atoms with Crippen LogP contribution in [0.15, 0.2) is 39.7 Å². The summed E-state index contributed by atoms with van der Waals surface area (Å²) in [6.45, 7) is 5.51. The number of aliphatic hydroxyl groups excluding tert-OH is 1. The lowest BCUT2D eigenvalue weighted by molar-refractivity contribution is 0.0846. The first kappa shape index (κ1) is 16.0. The van der Waals surface area contributed by atoms with Crippen LogP contribution in [-0.2, 0) is 0 Å². The Labute approximate surface area is 128 Å². The minimum Gasteiger partial charge on any atom is -0.463 e. The number of hydrogen-bond acceptors (Lipinski definition) is 4. The first-order chi connectivity index (χ1) is 10.3. The standard InChI is InChI=1S/C16H20N2O4/c1-16(2,3)13(9-19)18-15(21)10-6-7-11(17-14(10)20)12-5-4-8-22-12/h4-8,13,19H,9H2,1-3H3,(H,17,20)(H,18,21)/t13-/m0/s1. The minimum absolute atomic E-state index is 0.00185. The molecule has 2 heterocycles. The highest BCUT2D eigenvalue weighted by Gasteiger charge is 2.26. The van der Waals surface area contributed by atoms with Gasteiger partial charge in [-0.1, -0.05) is 20.8 Å². The molecule has 2 aromatic rings. The predicted molar refractivity (Wildman–Crippen MR) is 82.6 cm³/mol. The monoisotopic (exact) mass is 304 g/mol. The average Bonchev–Trinajstić information content (AvgIpc) is 2.97. The van der Waals surface area contributed by atoms with E-state index < -0.39 is 17.5 Å². The van der Waals surface area contributed by atoms with Crippen LogP contribution in [0.2, 0.25) is 0 Å². The van der Waals surface area contributed by atoms with Crippen LogP contribution < -0.4 is 10.9 Å². The molecule has 118 valence electrons. The van der Waals surface area contributed by atoms with Gasteiger partial charge in [-0.2, -0.15) is 0 Å². The third-order valence-electron chi connectivity index (χ3n) is 3.47. The Morgan fingerprint density at radius 1 is 1.36 bits per heavy atom. The van der Waals surface area contributed by atoms with E-state index in [0.29, 0.717) is 11.5 Å². The predicted octanol–water partition coefficient (Wildman–Crippen LogP) is 1.77. The van der Waals surface area contributed by atoms with Crippen LogP contribution in [0.4, 0.5) is 0 Å². The number of pyridine rings is 1. The molecule has 1 amide bonds. The number of furan rings is 1. The molecule has 3 N–H and O–H groups in total. The normalized spacial score (nSPS) is 12.9. The van der Waals surface area contributed by atoms with Crippen LogP contribution in [0.25, 0.3) is 11.5 Å². The molecule has 0 fully saturated rings. The first-order valence-corrected chi connectivity index (χ1v) is 7.02. The molecule has 0 aliphatic rings. The van der Waals surface area contributed by atoms with Crippen LogP contribution in [0.5, 0.6) is 0 Å². The van der Waals surface area contributed by atoms with Gasteiger partial charge in [-0.25, -0.2) is 0 Å². The molecule has 0 aliphatic carbocycles. The number of hydrogen-bond donors (Lipinski definition) is 3. The molecule has 6 heteroatoms. The smallest absolute Gasteiger partial charge is 0.261 e. The van der Waals surface area contributed by atoms with E-state index in [1.807, 2.05) is 20.8 Å². The van der Waals surface area contributed by atoms with E-state index in [1.54, 1.807) is 18.2 Å². The number of H-pyrrole nitrogens is 1. The van der Waals surface area contributed by atoms with Crippen molar-refractivity contribution in [2.45, 2.75) is 26.8 Å². The summed E-state index contributed by atoms with van der Waals surface area (Å²) in [5.41, 5.74) is -0.318. The molecule has 0 saturated carbocycles. The second-order valence-corrected chi connectivity index (χ2v) is 6.17. The van der Waals surface area contributed by atoms with Crippen LogP contribution >= 0.6 is 0 Å². The van der Waals surface area contributed by atoms with Crippen molar-refractivity contribution in [1.82, 2.24) is 10.3 Å². The molecule has 0 aliphatic heterocycles. The van der Waals surface area contributed by atoms with E-state index in [4.69, 9.17) is 4.42 Å². The Morgan fingerprint density at radius 2 is 2.09 bits per heavy atom. The van der Waals surface area contributed by atoms with Gasteiger partial charge in [0, 0.05) is 0 Å². The number of rotatable bonds is 4. The number of amides is 1. The zero-order valence-corrected chi connectivity index (χ0v) is 12.8. The fourth-order valence-corrected chi connectivity index (χ4v) is 2.00. The van der Waals surface area contributed by atoms with Gasteiger partial charge in [-0.3, -0.25) is 9.59 Å². The molecule has 2 rings (SSSR count). The minimum atomic E-state index is -0.513. The molecule has 1 atom stereocenters. The molecule has 0 bridgehead atoms. The molecule has 22 heavy (non-hydrogen) atoms. The summed E-state index contributed by atoms with van der Waals surface area (Å²) in [5.74, 6) is 0.00760. The fourth-order valence-electron chi connectivity index (χ4n) is 2.00. The summed E-state index contributed by atoms with van der Waals surface area (Å²) in [6, 6.07) is 6.04. The molecule has 0 spiro atoms. The average molecular weight is 304 g/mol. The van der Waals surface area contributed by atoms with E-state index >= 15 is 0 Å². The molecular weight excluding hydrogens is 284 g/mol. The first-order valence-electron chi connectivity index (χ1n) is 7.02. The maximum atomic E-state index is 12.2. The second-order valence-electron chi connectivity index (χ2n) is 6.17. The lowest BCUT2D eigenvalue weighted by atomic mass is 9.87. The zero-order chi connectivity index (χ0) is 16.3. The number of carbonyl (C=O) groups excluding carboxylic acids is 1. The molecule has 0 aromatic carbocycles. The van der Waals surface area contributed by atoms with Crippen molar-refractivity contribution in [1.29, 1.82) is 0 Å². The Kier molecular flexibility index (Phi) is 4.51. The quantitative estimate of drug-likeness (QED) is 0.802. The van der Waals surface area contributed by atoms with Gasteiger partial charge in [0.25, 0.3) is 11.5 Å². The maximum absolute atomic E-state index is 12.2. The molecule has 6 nitrogen and oxygen atoms in total. The van der Waals surface area contributed by atoms with Crippen molar-refractivity contribution in [3.05, 3.63) is 46.4 Å². The highest BCUT2D eigenvalue weighted by molar-refractivity contribution is 5.94. The van der Waals surface area contributed by atoms with Gasteiger partial charge < -0.3 is 19.8 Å². The zero-order valence-electron chi connectivity index (χ0n) is 12.8. The lowest BCUT2D eigenvalue weighted by Crippen LogP contribution is -2.47. The van der Waals surface area contributed by atoms with E-state index in [2.05, 4.69) is 10.3 Å². The topological polar surface area (TPSA) is 95.3 Å². The van der Waals surface area contributed by atoms with Gasteiger partial charge in [0.1, 0.15) is 11.3 Å². The summed E-state index contributed by atoms with van der Waals surface area (Å²) in [7, 11) is 0. The number of carbonyl (C=O) groups is 1. The fraction of sp³-hybridized carbons (Fsp3) is 0.375. The lowest BCUT2D eigenvalue weighted by Gasteiger charge is -2.29. The van der Waals surface area contributed by atoms with Crippen molar-refractivity contribution < 1.29 is 14.3 Å². The van der Waals surface area contributed by atoms with Crippen LogP contribution in [0.3, 0.4) is 0 Å². The number of nitrogens with one attached hydrogen (secondary N) is 2. The highest BCUT2D eigenvalue weighted by Crippen LogP contribution is 2.19. The molecule has 0 unspecified atom stereocenters. The van der Waals surface area contributed by atoms with Crippen molar-refractivity contribution in [2.24, 2.45) is 5.41 Å². The van der Waals surface area contributed by atoms with Crippen molar-refractivity contribution >= 4 is 5.91 Å². The molecule has 0 radical (unpaired) electrons. The summed E-state index contributed by atoms with van der Waals surface area (Å²) < 4.78 is 5.20. The van der Waals surface area contributed by atoms with Crippen LogP contribution in [-0.4, -0.2) is 28.6 Å². The van der Waals surface area contributed by atoms with Gasteiger partial charge in [0.15, 0.2) is 0 Å². The van der Waals surface area contributed by atoms with Gasteiger partial charge in [0.2, 0.25) is 0 Å². The van der Waals surface area contributed by atoms with Crippen LogP contribution in [0, 0.1) is 5.41 Å². The van der Waals surface area contributed by atoms with E-state index in [1.165, 1.54) is 12.3 Å². The number of aromatic nitrogens is 1.